The highest BCUT2D eigenvalue weighted by atomic mass is 16.5. The first-order valence-corrected chi connectivity index (χ1v) is 11.8. The molecule has 4 aromatic rings. The van der Waals surface area contributed by atoms with Gasteiger partial charge in [0, 0.05) is 17.4 Å². The van der Waals surface area contributed by atoms with Crippen LogP contribution in [0.15, 0.2) is 109 Å². The van der Waals surface area contributed by atoms with Crippen LogP contribution in [0.5, 0.6) is 5.75 Å². The zero-order valence-electron chi connectivity index (χ0n) is 19.3. The number of hydrogen-bond donors (Lipinski definition) is 2. The molecule has 0 aliphatic heterocycles. The average molecular weight is 463 g/mol. The van der Waals surface area contributed by atoms with Gasteiger partial charge in [-0.15, -0.1) is 0 Å². The van der Waals surface area contributed by atoms with Crippen LogP contribution in [0.1, 0.15) is 44.4 Å². The molecule has 2 N–H and O–H groups in total. The lowest BCUT2D eigenvalue weighted by Gasteiger charge is -2.42. The minimum absolute atomic E-state index is 0.142. The van der Waals surface area contributed by atoms with Gasteiger partial charge in [0.15, 0.2) is 5.78 Å². The van der Waals surface area contributed by atoms with E-state index in [-0.39, 0.29) is 5.78 Å². The molecule has 1 saturated carbocycles. The van der Waals surface area contributed by atoms with Crippen molar-refractivity contribution in [2.75, 3.05) is 7.11 Å². The number of rotatable bonds is 4. The van der Waals surface area contributed by atoms with Gasteiger partial charge in [0.05, 0.1) is 13.0 Å². The molecule has 2 aliphatic rings. The number of fused-ring (bicyclic) bond motifs is 3. The van der Waals surface area contributed by atoms with Gasteiger partial charge in [0.1, 0.15) is 17.0 Å². The number of ketones is 1. The van der Waals surface area contributed by atoms with Crippen LogP contribution in [-0.2, 0) is 11.2 Å². The van der Waals surface area contributed by atoms with Gasteiger partial charge in [-0.05, 0) is 34.4 Å². The minimum Gasteiger partial charge on any atom is -0.497 e. The van der Waals surface area contributed by atoms with E-state index in [1.165, 1.54) is 0 Å². The Labute approximate surface area is 204 Å². The summed E-state index contributed by atoms with van der Waals surface area (Å²) in [5.74, 6) is -1.34. The van der Waals surface area contributed by atoms with E-state index in [1.54, 1.807) is 25.3 Å². The van der Waals surface area contributed by atoms with Gasteiger partial charge in [-0.1, -0.05) is 97.1 Å². The van der Waals surface area contributed by atoms with Crippen LogP contribution in [-0.4, -0.2) is 23.1 Å². The van der Waals surface area contributed by atoms with E-state index >= 15 is 0 Å². The molecule has 0 amide bonds. The lowest BCUT2D eigenvalue weighted by molar-refractivity contribution is -0.159. The lowest BCUT2D eigenvalue weighted by Crippen LogP contribution is -2.49. The smallest absolute Gasteiger partial charge is 0.170 e. The number of methoxy groups -OCH3 is 1. The minimum atomic E-state index is -1.81. The van der Waals surface area contributed by atoms with Crippen molar-refractivity contribution < 1.29 is 19.7 Å². The molecule has 5 atom stereocenters. The van der Waals surface area contributed by atoms with Crippen LogP contribution in [0.3, 0.4) is 0 Å². The molecule has 0 heterocycles. The van der Waals surface area contributed by atoms with Gasteiger partial charge in [0.25, 0.3) is 0 Å². The first-order chi connectivity index (χ1) is 17.0. The highest BCUT2D eigenvalue weighted by Gasteiger charge is 2.75. The van der Waals surface area contributed by atoms with Gasteiger partial charge in [-0.3, -0.25) is 4.79 Å². The Bertz CT molecular complexity index is 1380. The summed E-state index contributed by atoms with van der Waals surface area (Å²) in [4.78, 5) is 14.0. The second-order valence-corrected chi connectivity index (χ2v) is 9.47. The predicted octanol–water partition coefficient (Wildman–Crippen LogP) is 5.16. The van der Waals surface area contributed by atoms with Crippen molar-refractivity contribution in [3.8, 4) is 5.75 Å². The van der Waals surface area contributed by atoms with E-state index in [1.807, 2.05) is 91.0 Å². The normalized spacial score (nSPS) is 29.0. The molecular weight excluding hydrogens is 436 g/mol. The molecule has 1 fully saturated rings. The monoisotopic (exact) mass is 462 g/mol. The zero-order chi connectivity index (χ0) is 24.2. The van der Waals surface area contributed by atoms with Gasteiger partial charge in [-0.2, -0.15) is 0 Å². The van der Waals surface area contributed by atoms with Crippen LogP contribution < -0.4 is 4.74 Å². The topological polar surface area (TPSA) is 66.8 Å². The van der Waals surface area contributed by atoms with Crippen molar-refractivity contribution in [2.24, 2.45) is 5.92 Å². The van der Waals surface area contributed by atoms with E-state index in [9.17, 15) is 15.0 Å². The summed E-state index contributed by atoms with van der Waals surface area (Å²) in [6.07, 6.45) is 0. The number of hydrogen-bond acceptors (Lipinski definition) is 4. The highest BCUT2D eigenvalue weighted by Crippen LogP contribution is 2.70. The molecular formula is C31H26O4. The second kappa shape index (κ2) is 7.91. The Morgan fingerprint density at radius 1 is 0.657 bits per heavy atom. The average Bonchev–Trinajstić information content (AvgIpc) is 3.28. The molecule has 2 aliphatic carbocycles. The van der Waals surface area contributed by atoms with Crippen molar-refractivity contribution in [1.82, 2.24) is 0 Å². The maximum Gasteiger partial charge on any atom is 0.170 e. The molecule has 6 rings (SSSR count). The largest absolute Gasteiger partial charge is 0.497 e. The number of carbonyl (C=O) groups excluding carboxylic acids is 1. The number of benzene rings is 4. The van der Waals surface area contributed by atoms with Crippen LogP contribution in [0.2, 0.25) is 0 Å². The Balaban J connectivity index is 1.70. The predicted molar refractivity (Wildman–Crippen MR) is 133 cm³/mol. The van der Waals surface area contributed by atoms with E-state index in [4.69, 9.17) is 4.74 Å². The van der Waals surface area contributed by atoms with Crippen molar-refractivity contribution in [3.63, 3.8) is 0 Å². The Hall–Kier alpha value is -3.73. The summed E-state index contributed by atoms with van der Waals surface area (Å²) in [5, 5.41) is 25.6. The third-order valence-corrected chi connectivity index (χ3v) is 7.96. The standard InChI is InChI=1S/C31H26O4/c1-35-23-18-16-20(17-19-23)26-27(21-10-4-2-5-11-21)30(33,22-12-6-3-7-13-22)31(34)25-15-9-8-14-24(25)29(32)28(26)31/h2-19,26-28,33-34H,1H3/t26-,27+,28+,30+,31+/m0/s1. The molecule has 4 heteroatoms. The maximum atomic E-state index is 14.0. The van der Waals surface area contributed by atoms with Gasteiger partial charge in [-0.25, -0.2) is 0 Å². The number of carbonyl (C=O) groups is 1. The summed E-state index contributed by atoms with van der Waals surface area (Å²) >= 11 is 0. The van der Waals surface area contributed by atoms with Gasteiger partial charge < -0.3 is 14.9 Å². The first kappa shape index (κ1) is 21.8. The molecule has 0 radical (unpaired) electrons. The molecule has 174 valence electrons. The van der Waals surface area contributed by atoms with Crippen molar-refractivity contribution in [2.45, 2.75) is 23.0 Å². The molecule has 4 aromatic carbocycles. The number of Topliss-reactive ketones (excluding diaryl/α,β-unsaturated/α-hetero) is 1. The lowest BCUT2D eigenvalue weighted by atomic mass is 9.69. The molecule has 0 bridgehead atoms. The maximum absolute atomic E-state index is 14.0. The summed E-state index contributed by atoms with van der Waals surface area (Å²) < 4.78 is 5.37. The van der Waals surface area contributed by atoms with Crippen LogP contribution in [0.4, 0.5) is 0 Å². The van der Waals surface area contributed by atoms with E-state index in [0.717, 1.165) is 11.1 Å². The summed E-state index contributed by atoms with van der Waals surface area (Å²) in [7, 11) is 1.61. The third-order valence-electron chi connectivity index (χ3n) is 7.96. The Morgan fingerprint density at radius 3 is 1.91 bits per heavy atom. The van der Waals surface area contributed by atoms with Crippen LogP contribution in [0.25, 0.3) is 0 Å². The summed E-state index contributed by atoms with van der Waals surface area (Å²) in [5.41, 5.74) is -0.288. The number of aliphatic hydroxyl groups is 2. The quantitative estimate of drug-likeness (QED) is 0.439. The van der Waals surface area contributed by atoms with Gasteiger partial charge in [0.2, 0.25) is 0 Å². The van der Waals surface area contributed by atoms with Crippen molar-refractivity contribution in [3.05, 3.63) is 137 Å². The summed E-state index contributed by atoms with van der Waals surface area (Å²) in [6.45, 7) is 0. The molecule has 35 heavy (non-hydrogen) atoms. The molecule has 0 spiro atoms. The number of ether oxygens (including phenoxy) is 1. The van der Waals surface area contributed by atoms with Gasteiger partial charge >= 0.3 is 0 Å². The molecule has 0 unspecified atom stereocenters. The first-order valence-electron chi connectivity index (χ1n) is 11.8. The van der Waals surface area contributed by atoms with E-state index < -0.39 is 29.0 Å². The van der Waals surface area contributed by atoms with E-state index in [2.05, 4.69) is 0 Å². The second-order valence-electron chi connectivity index (χ2n) is 9.47. The van der Waals surface area contributed by atoms with E-state index in [0.29, 0.717) is 22.4 Å². The van der Waals surface area contributed by atoms with Crippen molar-refractivity contribution in [1.29, 1.82) is 0 Å². The van der Waals surface area contributed by atoms with Crippen LogP contribution >= 0.6 is 0 Å². The van der Waals surface area contributed by atoms with Crippen molar-refractivity contribution >= 4 is 5.78 Å². The zero-order valence-corrected chi connectivity index (χ0v) is 19.3. The SMILES string of the molecule is COc1ccc([C@H]2[C@@H](c3ccccc3)[C@](O)(c3ccccc3)[C@@]3(O)c4ccccc4C(=O)[C@@H]23)cc1. The summed E-state index contributed by atoms with van der Waals surface area (Å²) in [6, 6.07) is 33.8. The third kappa shape index (κ3) is 2.84. The fourth-order valence-electron chi connectivity index (χ4n) is 6.52. The Morgan fingerprint density at radius 2 is 1.26 bits per heavy atom. The highest BCUT2D eigenvalue weighted by molar-refractivity contribution is 6.05. The fourth-order valence-corrected chi connectivity index (χ4v) is 6.52. The molecule has 0 saturated heterocycles. The Kier molecular flexibility index (Phi) is 4.92. The fraction of sp³-hybridized carbons (Fsp3) is 0.194. The van der Waals surface area contributed by atoms with Crippen LogP contribution in [0, 0.1) is 5.92 Å². The molecule has 0 aromatic heterocycles. The molecule has 4 nitrogen and oxygen atoms in total.